The van der Waals surface area contributed by atoms with Gasteiger partial charge in [0.15, 0.2) is 0 Å². The molecule has 0 aliphatic heterocycles. The average Bonchev–Trinajstić information content (AvgIpc) is 2.81. The highest BCUT2D eigenvalue weighted by Gasteiger charge is 2.12. The van der Waals surface area contributed by atoms with Crippen molar-refractivity contribution in [3.8, 4) is 0 Å². The lowest BCUT2D eigenvalue weighted by atomic mass is 9.87. The Labute approximate surface area is 184 Å². The van der Waals surface area contributed by atoms with Crippen molar-refractivity contribution in [2.24, 2.45) is 0 Å². The molecule has 0 heteroatoms. The summed E-state index contributed by atoms with van der Waals surface area (Å²) >= 11 is 0. The monoisotopic (exact) mass is 398 g/mol. The molecule has 0 bridgehead atoms. The standard InChI is InChI=1S/C16H24.C14H14/c1-6-12-11-13(7-2)15(9-4)16(10-5)14(12)8-3;1-3-11-9-12(4-2)14-8-6-5-7-13(14)10-11/h6,11H,1,7-10H2,2-5H3;4-10H,2-3H2,1H3. The van der Waals surface area contributed by atoms with Crippen molar-refractivity contribution in [2.75, 3.05) is 0 Å². The summed E-state index contributed by atoms with van der Waals surface area (Å²) < 4.78 is 0. The number of aryl methyl sites for hydroxylation is 2. The molecule has 0 unspecified atom stereocenters. The summed E-state index contributed by atoms with van der Waals surface area (Å²) in [6.45, 7) is 19.0. The van der Waals surface area contributed by atoms with E-state index in [1.165, 1.54) is 38.6 Å². The summed E-state index contributed by atoms with van der Waals surface area (Å²) in [6, 6.07) is 15.3. The summed E-state index contributed by atoms with van der Waals surface area (Å²) in [6.07, 6.45) is 9.55. The Morgan fingerprint density at radius 1 is 0.633 bits per heavy atom. The van der Waals surface area contributed by atoms with Crippen LogP contribution in [-0.2, 0) is 32.1 Å². The van der Waals surface area contributed by atoms with Gasteiger partial charge in [0.25, 0.3) is 0 Å². The molecule has 0 aliphatic rings. The summed E-state index contributed by atoms with van der Waals surface area (Å²) in [4.78, 5) is 0. The molecular formula is C30H38. The molecule has 0 spiro atoms. The van der Waals surface area contributed by atoms with Crippen LogP contribution in [0.2, 0.25) is 0 Å². The normalized spacial score (nSPS) is 10.4. The van der Waals surface area contributed by atoms with Crippen LogP contribution in [0.15, 0.2) is 55.6 Å². The smallest absolute Gasteiger partial charge is 0.0111 e. The van der Waals surface area contributed by atoms with E-state index in [-0.39, 0.29) is 0 Å². The Kier molecular flexibility index (Phi) is 9.12. The van der Waals surface area contributed by atoms with Gasteiger partial charge < -0.3 is 0 Å². The van der Waals surface area contributed by atoms with Gasteiger partial charge in [-0.05, 0) is 81.8 Å². The molecule has 0 atom stereocenters. The van der Waals surface area contributed by atoms with Gasteiger partial charge in [-0.25, -0.2) is 0 Å². The van der Waals surface area contributed by atoms with Crippen LogP contribution < -0.4 is 0 Å². The molecule has 0 radical (unpaired) electrons. The van der Waals surface area contributed by atoms with Crippen molar-refractivity contribution >= 4 is 22.9 Å². The number of hydrogen-bond acceptors (Lipinski definition) is 0. The summed E-state index contributed by atoms with van der Waals surface area (Å²) in [5.41, 5.74) is 10.1. The quantitative estimate of drug-likeness (QED) is 0.373. The van der Waals surface area contributed by atoms with Gasteiger partial charge in [0.05, 0.1) is 0 Å². The molecule has 0 fully saturated rings. The average molecular weight is 399 g/mol. The third kappa shape index (κ3) is 5.11. The van der Waals surface area contributed by atoms with Crippen LogP contribution in [0, 0.1) is 0 Å². The Morgan fingerprint density at radius 3 is 1.80 bits per heavy atom. The van der Waals surface area contributed by atoms with E-state index in [2.05, 4.69) is 90.2 Å². The fraction of sp³-hybridized carbons (Fsp3) is 0.333. The fourth-order valence-electron chi connectivity index (χ4n) is 4.47. The van der Waals surface area contributed by atoms with Crippen LogP contribution in [0.25, 0.3) is 22.9 Å². The molecule has 30 heavy (non-hydrogen) atoms. The number of benzene rings is 3. The summed E-state index contributed by atoms with van der Waals surface area (Å²) in [5.74, 6) is 0. The van der Waals surface area contributed by atoms with Gasteiger partial charge in [-0.1, -0.05) is 102 Å². The van der Waals surface area contributed by atoms with Gasteiger partial charge >= 0.3 is 0 Å². The fourth-order valence-corrected chi connectivity index (χ4v) is 4.47. The van der Waals surface area contributed by atoms with Crippen molar-refractivity contribution < 1.29 is 0 Å². The lowest BCUT2D eigenvalue weighted by Gasteiger charge is -2.18. The Hall–Kier alpha value is -2.60. The largest absolute Gasteiger partial charge is 0.0985 e. The second-order valence-corrected chi connectivity index (χ2v) is 7.64. The van der Waals surface area contributed by atoms with E-state index in [9.17, 15) is 0 Å². The van der Waals surface area contributed by atoms with Crippen LogP contribution in [0.5, 0.6) is 0 Å². The Bertz CT molecular complexity index is 1000. The number of hydrogen-bond donors (Lipinski definition) is 0. The van der Waals surface area contributed by atoms with Gasteiger partial charge in [-0.15, -0.1) is 0 Å². The molecule has 158 valence electrons. The number of rotatable bonds is 7. The van der Waals surface area contributed by atoms with Crippen molar-refractivity contribution in [1.29, 1.82) is 0 Å². The van der Waals surface area contributed by atoms with Crippen molar-refractivity contribution in [3.05, 3.63) is 94.6 Å². The van der Waals surface area contributed by atoms with Crippen LogP contribution in [0.1, 0.15) is 73.6 Å². The molecule has 0 aromatic heterocycles. The van der Waals surface area contributed by atoms with E-state index in [0.29, 0.717) is 0 Å². The highest BCUT2D eigenvalue weighted by atomic mass is 14.2. The van der Waals surface area contributed by atoms with E-state index in [0.717, 1.165) is 32.1 Å². The Balaban J connectivity index is 0.000000215. The second kappa shape index (κ2) is 11.6. The van der Waals surface area contributed by atoms with Crippen LogP contribution in [0.4, 0.5) is 0 Å². The maximum Gasteiger partial charge on any atom is -0.0111 e. The van der Waals surface area contributed by atoms with E-state index in [1.54, 1.807) is 11.1 Å². The minimum atomic E-state index is 1.08. The third-order valence-electron chi connectivity index (χ3n) is 6.04. The zero-order valence-electron chi connectivity index (χ0n) is 19.6. The minimum absolute atomic E-state index is 1.08. The molecule has 0 amide bonds. The molecule has 0 N–H and O–H groups in total. The second-order valence-electron chi connectivity index (χ2n) is 7.64. The summed E-state index contributed by atoms with van der Waals surface area (Å²) in [7, 11) is 0. The molecule has 0 aliphatic carbocycles. The highest BCUT2D eigenvalue weighted by Crippen LogP contribution is 2.27. The molecule has 3 aromatic carbocycles. The molecule has 0 nitrogen and oxygen atoms in total. The SMILES string of the molecule is C=Cc1cc(CC)c(CC)c(CC)c1CC.C=Cc1cc(CC)cc2ccccc12. The first kappa shape index (κ1) is 23.7. The van der Waals surface area contributed by atoms with Crippen molar-refractivity contribution in [1.82, 2.24) is 0 Å². The van der Waals surface area contributed by atoms with E-state index in [4.69, 9.17) is 0 Å². The van der Waals surface area contributed by atoms with Crippen molar-refractivity contribution in [2.45, 2.75) is 66.7 Å². The zero-order valence-corrected chi connectivity index (χ0v) is 19.6. The molecule has 0 heterocycles. The highest BCUT2D eigenvalue weighted by molar-refractivity contribution is 5.91. The van der Waals surface area contributed by atoms with Crippen LogP contribution in [-0.4, -0.2) is 0 Å². The summed E-state index contributed by atoms with van der Waals surface area (Å²) in [5, 5.41) is 2.60. The lowest BCUT2D eigenvalue weighted by molar-refractivity contribution is 0.942. The maximum absolute atomic E-state index is 3.95. The first-order chi connectivity index (χ1) is 14.6. The van der Waals surface area contributed by atoms with E-state index >= 15 is 0 Å². The zero-order chi connectivity index (χ0) is 22.1. The first-order valence-corrected chi connectivity index (χ1v) is 11.5. The van der Waals surface area contributed by atoms with Crippen molar-refractivity contribution in [3.63, 3.8) is 0 Å². The Morgan fingerprint density at radius 2 is 1.27 bits per heavy atom. The van der Waals surface area contributed by atoms with Gasteiger partial charge in [0.1, 0.15) is 0 Å². The topological polar surface area (TPSA) is 0 Å². The van der Waals surface area contributed by atoms with E-state index < -0.39 is 0 Å². The molecular weight excluding hydrogens is 360 g/mol. The predicted octanol–water partition coefficient (Wildman–Crippen LogP) is 8.62. The van der Waals surface area contributed by atoms with Gasteiger partial charge in [0.2, 0.25) is 0 Å². The van der Waals surface area contributed by atoms with Gasteiger partial charge in [-0.3, -0.25) is 0 Å². The lowest BCUT2D eigenvalue weighted by Crippen LogP contribution is -2.05. The predicted molar refractivity (Wildman–Crippen MR) is 137 cm³/mol. The number of fused-ring (bicyclic) bond motifs is 1. The van der Waals surface area contributed by atoms with E-state index in [1.807, 2.05) is 12.2 Å². The van der Waals surface area contributed by atoms with Gasteiger partial charge in [0, 0.05) is 0 Å². The molecule has 0 saturated carbocycles. The molecule has 0 saturated heterocycles. The third-order valence-corrected chi connectivity index (χ3v) is 6.04. The maximum atomic E-state index is 3.95. The molecule has 3 aromatic rings. The van der Waals surface area contributed by atoms with Gasteiger partial charge in [-0.2, -0.15) is 0 Å². The molecule has 3 rings (SSSR count). The minimum Gasteiger partial charge on any atom is -0.0985 e. The van der Waals surface area contributed by atoms with Crippen LogP contribution in [0.3, 0.4) is 0 Å². The van der Waals surface area contributed by atoms with Crippen LogP contribution >= 0.6 is 0 Å². The first-order valence-electron chi connectivity index (χ1n) is 11.5.